The fraction of sp³-hybridized carbons (Fsp3) is 0.818. The van der Waals surface area contributed by atoms with Crippen LogP contribution in [0.4, 0.5) is 0 Å². The first-order chi connectivity index (χ1) is 12.8. The average molecular weight is 376 g/mol. The molecule has 0 amide bonds. The van der Waals surface area contributed by atoms with Crippen LogP contribution in [-0.2, 0) is 14.3 Å². The number of hydrogen-bond donors (Lipinski definition) is 2. The number of carbonyl (C=O) groups is 2. The van der Waals surface area contributed by atoms with E-state index < -0.39 is 22.2 Å². The molecule has 3 fully saturated rings. The molecule has 3 saturated carbocycles. The smallest absolute Gasteiger partial charge is 0.315 e. The predicted molar refractivity (Wildman–Crippen MR) is 102 cm³/mol. The first-order valence-electron chi connectivity index (χ1n) is 10.5. The van der Waals surface area contributed by atoms with Crippen molar-refractivity contribution in [1.82, 2.24) is 0 Å². The minimum Gasteiger partial charge on any atom is -0.481 e. The van der Waals surface area contributed by atoms with Crippen LogP contribution < -0.4 is 5.73 Å². The number of aliphatic carboxylic acids is 1. The van der Waals surface area contributed by atoms with Crippen LogP contribution in [0.3, 0.4) is 0 Å². The third-order valence-corrected chi connectivity index (χ3v) is 8.74. The van der Waals surface area contributed by atoms with Crippen LogP contribution >= 0.6 is 0 Å². The number of ether oxygens (including phenoxy) is 1. The monoisotopic (exact) mass is 375 g/mol. The van der Waals surface area contributed by atoms with E-state index in [4.69, 9.17) is 10.5 Å². The van der Waals surface area contributed by atoms with Crippen molar-refractivity contribution in [2.75, 3.05) is 19.8 Å². The molecule has 5 nitrogen and oxygen atoms in total. The molecule has 0 aromatic rings. The number of carboxylic acid groups (broad SMARTS) is 1. The number of hydrogen-bond acceptors (Lipinski definition) is 4. The summed E-state index contributed by atoms with van der Waals surface area (Å²) in [7, 11) is 0. The van der Waals surface area contributed by atoms with Crippen molar-refractivity contribution in [1.29, 1.82) is 0 Å². The zero-order chi connectivity index (χ0) is 19.6. The first kappa shape index (κ1) is 19.1. The Hall–Kier alpha value is -1.20. The lowest BCUT2D eigenvalue weighted by molar-refractivity contribution is -0.186. The molecule has 0 radical (unpaired) electrons. The Labute approximate surface area is 161 Å². The van der Waals surface area contributed by atoms with Gasteiger partial charge in [0.15, 0.2) is 0 Å². The molecule has 0 aromatic heterocycles. The van der Waals surface area contributed by atoms with Crippen molar-refractivity contribution in [3.8, 4) is 0 Å². The Bertz CT molecular complexity index is 688. The zero-order valence-electron chi connectivity index (χ0n) is 16.7. The molecule has 4 rings (SSSR count). The van der Waals surface area contributed by atoms with Gasteiger partial charge in [0.05, 0.1) is 18.6 Å². The lowest BCUT2D eigenvalue weighted by Gasteiger charge is -2.58. The summed E-state index contributed by atoms with van der Waals surface area (Å²) in [5.41, 5.74) is 4.17. The van der Waals surface area contributed by atoms with Gasteiger partial charge in [-0.3, -0.25) is 4.79 Å². The van der Waals surface area contributed by atoms with Gasteiger partial charge in [0.2, 0.25) is 0 Å². The summed E-state index contributed by atoms with van der Waals surface area (Å²) in [5, 5.41) is 10.7. The first-order valence-corrected chi connectivity index (χ1v) is 10.5. The van der Waals surface area contributed by atoms with E-state index in [1.54, 1.807) is 0 Å². The maximum Gasteiger partial charge on any atom is 0.315 e. The third-order valence-electron chi connectivity index (χ3n) is 8.74. The fourth-order valence-electron chi connectivity index (χ4n) is 7.97. The molecular formula is C22H33NO4. The van der Waals surface area contributed by atoms with Crippen molar-refractivity contribution in [2.45, 2.75) is 46.5 Å². The molecule has 7 atom stereocenters. The highest BCUT2D eigenvalue weighted by Crippen LogP contribution is 2.82. The van der Waals surface area contributed by atoms with Gasteiger partial charge in [-0.25, -0.2) is 0 Å². The summed E-state index contributed by atoms with van der Waals surface area (Å²) in [4.78, 5) is 25.9. The normalized spacial score (nSPS) is 47.2. The van der Waals surface area contributed by atoms with Gasteiger partial charge < -0.3 is 20.4 Å². The second-order valence-electron chi connectivity index (χ2n) is 9.83. The summed E-state index contributed by atoms with van der Waals surface area (Å²) >= 11 is 0. The average Bonchev–Trinajstić information content (AvgIpc) is 3.19. The maximum absolute atomic E-state index is 13.1. The largest absolute Gasteiger partial charge is 0.481 e. The molecule has 0 heterocycles. The van der Waals surface area contributed by atoms with Crippen LogP contribution in [0.2, 0.25) is 0 Å². The molecule has 4 aliphatic rings. The number of carboxylic acids is 1. The Morgan fingerprint density at radius 2 is 2.15 bits per heavy atom. The molecule has 150 valence electrons. The lowest BCUT2D eigenvalue weighted by atomic mass is 9.43. The maximum atomic E-state index is 13.1. The van der Waals surface area contributed by atoms with E-state index in [9.17, 15) is 14.7 Å². The van der Waals surface area contributed by atoms with Crippen LogP contribution in [0.15, 0.2) is 11.6 Å². The van der Waals surface area contributed by atoms with E-state index >= 15 is 0 Å². The molecule has 27 heavy (non-hydrogen) atoms. The second kappa shape index (κ2) is 6.15. The van der Waals surface area contributed by atoms with E-state index in [1.165, 1.54) is 0 Å². The summed E-state index contributed by atoms with van der Waals surface area (Å²) < 4.78 is 5.96. The van der Waals surface area contributed by atoms with Gasteiger partial charge in [-0.15, -0.1) is 0 Å². The molecule has 0 aromatic carbocycles. The van der Waals surface area contributed by atoms with Gasteiger partial charge in [-0.1, -0.05) is 38.8 Å². The molecule has 0 saturated heterocycles. The van der Waals surface area contributed by atoms with Gasteiger partial charge in [-0.2, -0.15) is 0 Å². The van der Waals surface area contributed by atoms with Crippen molar-refractivity contribution in [3.63, 3.8) is 0 Å². The molecule has 4 bridgehead atoms. The Morgan fingerprint density at radius 1 is 1.41 bits per heavy atom. The highest BCUT2D eigenvalue weighted by Gasteiger charge is 2.84. The number of aldehydes is 1. The molecule has 0 spiro atoms. The van der Waals surface area contributed by atoms with Crippen LogP contribution in [-0.4, -0.2) is 37.1 Å². The number of fused-ring (bicyclic) bond motifs is 2. The topological polar surface area (TPSA) is 89.6 Å². The lowest BCUT2D eigenvalue weighted by Crippen LogP contribution is -2.63. The Balaban J connectivity index is 1.94. The molecule has 0 unspecified atom stereocenters. The SMILES string of the molecule is CC(C)C1=C[C@H]2C[C@]3(C=O)[C@@H]4CC[C@@H](C)[C@H]4C[C@@]2(COCCN)[C@]13C(=O)O. The molecule has 0 aliphatic heterocycles. The number of carbonyl (C=O) groups excluding carboxylic acids is 1. The molecule has 3 N–H and O–H groups in total. The van der Waals surface area contributed by atoms with Crippen molar-refractivity contribution < 1.29 is 19.4 Å². The van der Waals surface area contributed by atoms with Crippen molar-refractivity contribution in [3.05, 3.63) is 11.6 Å². The van der Waals surface area contributed by atoms with E-state index in [0.717, 1.165) is 31.1 Å². The van der Waals surface area contributed by atoms with E-state index in [2.05, 4.69) is 26.8 Å². The number of nitrogens with two attached hydrogens (primary N) is 1. The van der Waals surface area contributed by atoms with Gasteiger partial charge in [-0.05, 0) is 48.9 Å². The van der Waals surface area contributed by atoms with Crippen molar-refractivity contribution >= 4 is 12.3 Å². The standard InChI is InChI=1S/C22H33NO4/c1-13(2)18-8-15-9-20(11-24)17-5-4-14(3)16(17)10-21(15,12-27-7-6-23)22(18,20)19(25)26/h8,11,13-17H,4-7,9-10,12,23H2,1-3H3,(H,25,26)/t14-,15+,16-,17-,20+,21+,22+/m1/s1. The van der Waals surface area contributed by atoms with Crippen LogP contribution in [0.25, 0.3) is 0 Å². The number of rotatable bonds is 7. The second-order valence-corrected chi connectivity index (χ2v) is 9.83. The van der Waals surface area contributed by atoms with E-state index in [0.29, 0.717) is 38.0 Å². The minimum absolute atomic E-state index is 0.103. The summed E-state index contributed by atoms with van der Waals surface area (Å²) in [6.07, 6.45) is 6.84. The molecule has 4 aliphatic carbocycles. The van der Waals surface area contributed by atoms with E-state index in [-0.39, 0.29) is 17.8 Å². The molecular weight excluding hydrogens is 342 g/mol. The molecule has 5 heteroatoms. The van der Waals surface area contributed by atoms with Crippen LogP contribution in [0, 0.1) is 45.8 Å². The van der Waals surface area contributed by atoms with Crippen LogP contribution in [0.1, 0.15) is 46.5 Å². The zero-order valence-corrected chi connectivity index (χ0v) is 16.7. The fourth-order valence-corrected chi connectivity index (χ4v) is 7.97. The van der Waals surface area contributed by atoms with Gasteiger partial charge >= 0.3 is 5.97 Å². The van der Waals surface area contributed by atoms with Crippen LogP contribution in [0.5, 0.6) is 0 Å². The summed E-state index contributed by atoms with van der Waals surface area (Å²) in [6.45, 7) is 7.64. The summed E-state index contributed by atoms with van der Waals surface area (Å²) in [5.74, 6) is 0.519. The highest BCUT2D eigenvalue weighted by molar-refractivity contribution is 5.90. The summed E-state index contributed by atoms with van der Waals surface area (Å²) in [6, 6.07) is 0. The van der Waals surface area contributed by atoms with E-state index in [1.807, 2.05) is 0 Å². The quantitative estimate of drug-likeness (QED) is 0.406. The minimum atomic E-state index is -1.12. The van der Waals surface area contributed by atoms with Gasteiger partial charge in [0, 0.05) is 12.0 Å². The van der Waals surface area contributed by atoms with Gasteiger partial charge in [0.1, 0.15) is 11.7 Å². The number of allylic oxidation sites excluding steroid dienone is 1. The Kier molecular flexibility index (Phi) is 4.36. The van der Waals surface area contributed by atoms with Gasteiger partial charge in [0.25, 0.3) is 0 Å². The third kappa shape index (κ3) is 1.97. The highest BCUT2D eigenvalue weighted by atomic mass is 16.5. The predicted octanol–water partition coefficient (Wildman–Crippen LogP) is 2.89. The Morgan fingerprint density at radius 3 is 2.74 bits per heavy atom. The van der Waals surface area contributed by atoms with Crippen molar-refractivity contribution in [2.24, 2.45) is 51.6 Å².